The van der Waals surface area contributed by atoms with Crippen LogP contribution in [0.5, 0.6) is 0 Å². The average Bonchev–Trinajstić information content (AvgIpc) is 2.56. The molecule has 0 spiro atoms. The first-order chi connectivity index (χ1) is 10.3. The molecule has 0 aliphatic carbocycles. The molecule has 104 valence electrons. The van der Waals surface area contributed by atoms with Crippen molar-refractivity contribution in [2.75, 3.05) is 0 Å². The Hall–Kier alpha value is -2.48. The summed E-state index contributed by atoms with van der Waals surface area (Å²) in [4.78, 5) is 17.2. The smallest absolute Gasteiger partial charge is 0.172 e. The van der Waals surface area contributed by atoms with E-state index < -0.39 is 0 Å². The second kappa shape index (κ2) is 5.88. The van der Waals surface area contributed by atoms with Gasteiger partial charge in [0.05, 0.1) is 0 Å². The van der Waals surface area contributed by atoms with Gasteiger partial charge in [-0.05, 0) is 17.4 Å². The Balaban J connectivity index is 2.07. The Morgan fingerprint density at radius 1 is 1.00 bits per heavy atom. The fourth-order valence-electron chi connectivity index (χ4n) is 2.76. The van der Waals surface area contributed by atoms with Gasteiger partial charge in [-0.1, -0.05) is 61.5 Å². The molecule has 2 aromatic carbocycles. The summed E-state index contributed by atoms with van der Waals surface area (Å²) in [6, 6.07) is 17.9. The van der Waals surface area contributed by atoms with E-state index in [1.54, 1.807) is 12.4 Å². The van der Waals surface area contributed by atoms with Gasteiger partial charge in [0.15, 0.2) is 5.78 Å². The zero-order chi connectivity index (χ0) is 14.7. The molecule has 0 saturated carbocycles. The largest absolute Gasteiger partial charge is 0.293 e. The minimum atomic E-state index is -0.112. The van der Waals surface area contributed by atoms with Crippen molar-refractivity contribution in [2.24, 2.45) is 0 Å². The fourth-order valence-corrected chi connectivity index (χ4v) is 2.76. The number of hydrogen-bond acceptors (Lipinski definition) is 2. The maximum atomic E-state index is 13.0. The number of fused-ring (bicyclic) bond motifs is 1. The van der Waals surface area contributed by atoms with Gasteiger partial charge in [0.25, 0.3) is 0 Å². The number of benzene rings is 2. The van der Waals surface area contributed by atoms with E-state index in [1.807, 2.05) is 61.5 Å². The summed E-state index contributed by atoms with van der Waals surface area (Å²) >= 11 is 0. The average molecular weight is 275 g/mol. The third kappa shape index (κ3) is 2.57. The van der Waals surface area contributed by atoms with Gasteiger partial charge in [0.2, 0.25) is 0 Å². The van der Waals surface area contributed by atoms with E-state index >= 15 is 0 Å². The van der Waals surface area contributed by atoms with Crippen molar-refractivity contribution in [3.8, 4) is 0 Å². The molecule has 3 rings (SSSR count). The molecule has 0 aliphatic rings. The fraction of sp³-hybridized carbons (Fsp3) is 0.158. The van der Waals surface area contributed by atoms with E-state index in [4.69, 9.17) is 0 Å². The zero-order valence-corrected chi connectivity index (χ0v) is 12.0. The number of carbonyl (C=O) groups is 1. The molecule has 1 aromatic heterocycles. The standard InChI is InChI=1S/C19H17NO/c1-2-16(14-8-4-3-5-9-14)19(21)18-13-20-12-15-10-6-7-11-17(15)18/h3-13,16H,2H2,1H3. The Morgan fingerprint density at radius 3 is 2.48 bits per heavy atom. The van der Waals surface area contributed by atoms with E-state index in [0.717, 1.165) is 22.8 Å². The minimum absolute atomic E-state index is 0.112. The van der Waals surface area contributed by atoms with Gasteiger partial charge in [-0.2, -0.15) is 0 Å². The van der Waals surface area contributed by atoms with Crippen molar-refractivity contribution < 1.29 is 4.79 Å². The Morgan fingerprint density at radius 2 is 1.71 bits per heavy atom. The highest BCUT2D eigenvalue weighted by Gasteiger charge is 2.21. The van der Waals surface area contributed by atoms with Crippen LogP contribution >= 0.6 is 0 Å². The van der Waals surface area contributed by atoms with E-state index in [-0.39, 0.29) is 11.7 Å². The first kappa shape index (κ1) is 13.5. The van der Waals surface area contributed by atoms with Gasteiger partial charge in [0, 0.05) is 29.3 Å². The van der Waals surface area contributed by atoms with Crippen molar-refractivity contribution >= 4 is 16.6 Å². The lowest BCUT2D eigenvalue weighted by Crippen LogP contribution is -2.13. The molecule has 0 saturated heterocycles. The van der Waals surface area contributed by atoms with Crippen LogP contribution in [0.2, 0.25) is 0 Å². The summed E-state index contributed by atoms with van der Waals surface area (Å²) in [6.07, 6.45) is 4.28. The van der Waals surface area contributed by atoms with Crippen LogP contribution in [0.15, 0.2) is 67.0 Å². The predicted octanol–water partition coefficient (Wildman–Crippen LogP) is 4.61. The van der Waals surface area contributed by atoms with Gasteiger partial charge < -0.3 is 0 Å². The van der Waals surface area contributed by atoms with Gasteiger partial charge in [-0.15, -0.1) is 0 Å². The molecule has 3 aromatic rings. The summed E-state index contributed by atoms with van der Waals surface area (Å²) < 4.78 is 0. The van der Waals surface area contributed by atoms with E-state index in [1.165, 1.54) is 0 Å². The lowest BCUT2D eigenvalue weighted by molar-refractivity contribution is 0.0958. The molecule has 0 fully saturated rings. The van der Waals surface area contributed by atoms with Gasteiger partial charge in [0.1, 0.15) is 0 Å². The van der Waals surface area contributed by atoms with Crippen LogP contribution in [-0.4, -0.2) is 10.8 Å². The number of ketones is 1. The Bertz CT molecular complexity index is 759. The number of rotatable bonds is 4. The lowest BCUT2D eigenvalue weighted by atomic mass is 9.87. The molecule has 1 unspecified atom stereocenters. The second-order valence-electron chi connectivity index (χ2n) is 5.14. The van der Waals surface area contributed by atoms with Crippen LogP contribution in [0.1, 0.15) is 35.2 Å². The monoisotopic (exact) mass is 275 g/mol. The third-order valence-corrected chi connectivity index (χ3v) is 3.86. The van der Waals surface area contributed by atoms with Crippen molar-refractivity contribution in [1.82, 2.24) is 4.98 Å². The lowest BCUT2D eigenvalue weighted by Gasteiger charge is -2.15. The van der Waals surface area contributed by atoms with Crippen LogP contribution in [0.3, 0.4) is 0 Å². The van der Waals surface area contributed by atoms with Gasteiger partial charge >= 0.3 is 0 Å². The minimum Gasteiger partial charge on any atom is -0.293 e. The molecule has 0 bridgehead atoms. The van der Waals surface area contributed by atoms with Crippen LogP contribution in [0.4, 0.5) is 0 Å². The summed E-state index contributed by atoms with van der Waals surface area (Å²) in [7, 11) is 0. The molecule has 0 N–H and O–H groups in total. The zero-order valence-electron chi connectivity index (χ0n) is 12.0. The van der Waals surface area contributed by atoms with Crippen LogP contribution in [-0.2, 0) is 0 Å². The second-order valence-corrected chi connectivity index (χ2v) is 5.14. The van der Waals surface area contributed by atoms with Crippen LogP contribution < -0.4 is 0 Å². The van der Waals surface area contributed by atoms with E-state index in [2.05, 4.69) is 4.98 Å². The van der Waals surface area contributed by atoms with Crippen molar-refractivity contribution in [3.63, 3.8) is 0 Å². The number of nitrogens with zero attached hydrogens (tertiary/aromatic N) is 1. The SMILES string of the molecule is CCC(C(=O)c1cncc2ccccc12)c1ccccc1. The van der Waals surface area contributed by atoms with Crippen molar-refractivity contribution in [1.29, 1.82) is 0 Å². The number of aromatic nitrogens is 1. The number of Topliss-reactive ketones (excluding diaryl/α,β-unsaturated/α-hetero) is 1. The molecule has 1 atom stereocenters. The summed E-state index contributed by atoms with van der Waals surface area (Å²) in [5.41, 5.74) is 1.78. The molecule has 2 heteroatoms. The Kier molecular flexibility index (Phi) is 3.78. The highest BCUT2D eigenvalue weighted by molar-refractivity contribution is 6.10. The molecule has 0 radical (unpaired) electrons. The highest BCUT2D eigenvalue weighted by atomic mass is 16.1. The van der Waals surface area contributed by atoms with E-state index in [0.29, 0.717) is 5.56 Å². The maximum absolute atomic E-state index is 13.0. The van der Waals surface area contributed by atoms with Crippen molar-refractivity contribution in [3.05, 3.63) is 78.1 Å². The summed E-state index contributed by atoms with van der Waals surface area (Å²) in [5.74, 6) is 0.0341. The summed E-state index contributed by atoms with van der Waals surface area (Å²) in [5, 5.41) is 1.98. The third-order valence-electron chi connectivity index (χ3n) is 3.86. The quantitative estimate of drug-likeness (QED) is 0.651. The van der Waals surface area contributed by atoms with Gasteiger partial charge in [-0.25, -0.2) is 0 Å². The molecule has 0 aliphatic heterocycles. The molecule has 2 nitrogen and oxygen atoms in total. The predicted molar refractivity (Wildman–Crippen MR) is 85.5 cm³/mol. The molecule has 21 heavy (non-hydrogen) atoms. The molecule has 1 heterocycles. The van der Waals surface area contributed by atoms with Crippen LogP contribution in [0, 0.1) is 0 Å². The number of pyridine rings is 1. The number of hydrogen-bond donors (Lipinski definition) is 0. The molecular formula is C19H17NO. The van der Waals surface area contributed by atoms with E-state index in [9.17, 15) is 4.79 Å². The molecule has 0 amide bonds. The topological polar surface area (TPSA) is 30.0 Å². The highest BCUT2D eigenvalue weighted by Crippen LogP contribution is 2.27. The van der Waals surface area contributed by atoms with Crippen molar-refractivity contribution in [2.45, 2.75) is 19.3 Å². The first-order valence-electron chi connectivity index (χ1n) is 7.23. The normalized spacial score (nSPS) is 12.2. The van der Waals surface area contributed by atoms with Crippen LogP contribution in [0.25, 0.3) is 10.8 Å². The molecular weight excluding hydrogens is 258 g/mol. The Labute approximate surface area is 124 Å². The summed E-state index contributed by atoms with van der Waals surface area (Å²) in [6.45, 7) is 2.05. The number of carbonyl (C=O) groups excluding carboxylic acids is 1. The van der Waals surface area contributed by atoms with Gasteiger partial charge in [-0.3, -0.25) is 9.78 Å². The maximum Gasteiger partial charge on any atom is 0.172 e. The first-order valence-corrected chi connectivity index (χ1v) is 7.23.